The smallest absolute Gasteiger partial charge is 0.156 e. The van der Waals surface area contributed by atoms with Crippen molar-refractivity contribution in [2.45, 2.75) is 65.4 Å². The van der Waals surface area contributed by atoms with Gasteiger partial charge in [-0.2, -0.15) is 0 Å². The molecule has 0 spiro atoms. The van der Waals surface area contributed by atoms with Crippen LogP contribution >= 0.6 is 46.4 Å². The minimum absolute atomic E-state index is 0.139. The van der Waals surface area contributed by atoms with Crippen LogP contribution in [0.15, 0.2) is 34.7 Å². The van der Waals surface area contributed by atoms with Gasteiger partial charge in [-0.05, 0) is 46.6 Å². The summed E-state index contributed by atoms with van der Waals surface area (Å²) in [5, 5.41) is 0.799. The van der Waals surface area contributed by atoms with Crippen LogP contribution in [0, 0.1) is 0 Å². The molecule has 0 unspecified atom stereocenters. The van der Waals surface area contributed by atoms with E-state index in [0.717, 1.165) is 37.8 Å². The van der Waals surface area contributed by atoms with Crippen molar-refractivity contribution in [1.29, 1.82) is 0 Å². The van der Waals surface area contributed by atoms with Gasteiger partial charge in [-0.15, -0.1) is 0 Å². The maximum Gasteiger partial charge on any atom is 0.156 e. The van der Waals surface area contributed by atoms with Crippen molar-refractivity contribution in [2.24, 2.45) is 0 Å². The van der Waals surface area contributed by atoms with Gasteiger partial charge < -0.3 is 14.2 Å². The fraction of sp³-hybridized carbons (Fsp3) is 0.565. The van der Waals surface area contributed by atoms with Crippen molar-refractivity contribution in [3.63, 3.8) is 0 Å². The summed E-state index contributed by atoms with van der Waals surface area (Å²) < 4.78 is 16.9. The zero-order chi connectivity index (χ0) is 24.0. The van der Waals surface area contributed by atoms with Crippen molar-refractivity contribution in [3.8, 4) is 11.5 Å². The fourth-order valence-corrected chi connectivity index (χ4v) is 3.09. The van der Waals surface area contributed by atoms with Gasteiger partial charge in [0, 0.05) is 12.1 Å². The average molecular weight is 529 g/mol. The first-order valence-corrected chi connectivity index (χ1v) is 12.1. The molecule has 0 radical (unpaired) electrons. The maximum absolute atomic E-state index is 6.26. The number of ether oxygens (including phenoxy) is 3. The van der Waals surface area contributed by atoms with Gasteiger partial charge in [0.25, 0.3) is 0 Å². The standard InChI is InChI=1S/C23H33Cl4NO4/c1-17(28-32-23(2,3)4)16-29-11-8-6-5-7-9-12-31-22-19(24)14-18(15-20(22)25)30-13-10-21(26)27/h10,14-16,28H,5-9,11-13H2,1-4H3. The van der Waals surface area contributed by atoms with Crippen molar-refractivity contribution in [2.75, 3.05) is 19.8 Å². The van der Waals surface area contributed by atoms with Crippen LogP contribution in [-0.4, -0.2) is 25.4 Å². The van der Waals surface area contributed by atoms with E-state index in [-0.39, 0.29) is 16.7 Å². The van der Waals surface area contributed by atoms with Gasteiger partial charge in [-0.25, -0.2) is 0 Å². The molecule has 0 saturated heterocycles. The van der Waals surface area contributed by atoms with E-state index in [1.165, 1.54) is 6.08 Å². The first-order chi connectivity index (χ1) is 15.1. The molecule has 0 heterocycles. The summed E-state index contributed by atoms with van der Waals surface area (Å²) in [5.41, 5.74) is 3.46. The summed E-state index contributed by atoms with van der Waals surface area (Å²) in [5.74, 6) is 0.981. The molecule has 182 valence electrons. The molecule has 0 aliphatic heterocycles. The lowest BCUT2D eigenvalue weighted by Gasteiger charge is -2.19. The summed E-state index contributed by atoms with van der Waals surface area (Å²) in [6, 6.07) is 3.30. The van der Waals surface area contributed by atoms with Crippen LogP contribution in [0.1, 0.15) is 59.8 Å². The molecule has 32 heavy (non-hydrogen) atoms. The number of allylic oxidation sites excluding steroid dienone is 1. The number of hydrogen-bond acceptors (Lipinski definition) is 5. The molecule has 0 saturated carbocycles. The molecule has 0 aromatic heterocycles. The van der Waals surface area contributed by atoms with E-state index in [0.29, 0.717) is 34.8 Å². The first-order valence-electron chi connectivity index (χ1n) is 10.6. The summed E-state index contributed by atoms with van der Waals surface area (Å²) >= 11 is 23.6. The van der Waals surface area contributed by atoms with Crippen molar-refractivity contribution in [1.82, 2.24) is 5.48 Å². The van der Waals surface area contributed by atoms with Crippen molar-refractivity contribution in [3.05, 3.63) is 44.7 Å². The number of benzene rings is 1. The van der Waals surface area contributed by atoms with Gasteiger partial charge in [0.1, 0.15) is 23.1 Å². The SMILES string of the molecule is CC(=COCCCCCCCOc1c(Cl)cc(OCC=C(Cl)Cl)cc1Cl)NOC(C)(C)C. The van der Waals surface area contributed by atoms with Crippen LogP contribution < -0.4 is 15.0 Å². The Morgan fingerprint density at radius 2 is 1.53 bits per heavy atom. The van der Waals surface area contributed by atoms with Gasteiger partial charge >= 0.3 is 0 Å². The number of nitrogens with one attached hydrogen (secondary N) is 1. The van der Waals surface area contributed by atoms with Crippen LogP contribution in [0.3, 0.4) is 0 Å². The van der Waals surface area contributed by atoms with Gasteiger partial charge in [0.2, 0.25) is 0 Å². The number of hydrogen-bond donors (Lipinski definition) is 1. The number of halogens is 4. The second-order valence-electron chi connectivity index (χ2n) is 8.13. The van der Waals surface area contributed by atoms with Crippen LogP contribution in [0.5, 0.6) is 11.5 Å². The van der Waals surface area contributed by atoms with Crippen LogP contribution in [-0.2, 0) is 9.57 Å². The molecule has 9 heteroatoms. The molecule has 0 fully saturated rings. The van der Waals surface area contributed by atoms with E-state index in [9.17, 15) is 0 Å². The van der Waals surface area contributed by atoms with Crippen LogP contribution in [0.2, 0.25) is 10.0 Å². The predicted molar refractivity (Wildman–Crippen MR) is 134 cm³/mol. The summed E-state index contributed by atoms with van der Waals surface area (Å²) in [6.07, 6.45) is 8.37. The van der Waals surface area contributed by atoms with E-state index in [1.54, 1.807) is 18.4 Å². The zero-order valence-electron chi connectivity index (χ0n) is 19.1. The third kappa shape index (κ3) is 14.2. The van der Waals surface area contributed by atoms with E-state index >= 15 is 0 Å². The Labute approximate surface area is 211 Å². The molecule has 0 aliphatic rings. The van der Waals surface area contributed by atoms with Gasteiger partial charge in [-0.3, -0.25) is 10.3 Å². The zero-order valence-corrected chi connectivity index (χ0v) is 22.1. The Kier molecular flexibility index (Phi) is 14.3. The number of rotatable bonds is 15. The Hall–Kier alpha value is -0.980. The van der Waals surface area contributed by atoms with Gasteiger partial charge in [0.05, 0.1) is 34.6 Å². The van der Waals surface area contributed by atoms with Crippen LogP contribution in [0.4, 0.5) is 0 Å². The van der Waals surface area contributed by atoms with Crippen molar-refractivity contribution < 1.29 is 19.0 Å². The van der Waals surface area contributed by atoms with Crippen molar-refractivity contribution >= 4 is 46.4 Å². The average Bonchev–Trinajstić information content (AvgIpc) is 2.68. The second kappa shape index (κ2) is 15.8. The summed E-state index contributed by atoms with van der Waals surface area (Å²) in [6.45, 7) is 9.29. The van der Waals surface area contributed by atoms with E-state index in [1.807, 2.05) is 27.7 Å². The molecule has 0 amide bonds. The molecular formula is C23H33Cl4NO4. The summed E-state index contributed by atoms with van der Waals surface area (Å²) in [7, 11) is 0. The molecule has 1 N–H and O–H groups in total. The van der Waals surface area contributed by atoms with Gasteiger partial charge in [-0.1, -0.05) is 65.7 Å². The molecule has 0 atom stereocenters. The molecule has 1 aromatic rings. The normalized spacial score (nSPS) is 11.8. The molecular weight excluding hydrogens is 496 g/mol. The Balaban J connectivity index is 2.16. The minimum atomic E-state index is -0.245. The van der Waals surface area contributed by atoms with E-state index < -0.39 is 0 Å². The topological polar surface area (TPSA) is 49.0 Å². The Bertz CT molecular complexity index is 721. The lowest BCUT2D eigenvalue weighted by Crippen LogP contribution is -2.28. The molecule has 1 aromatic carbocycles. The summed E-state index contributed by atoms with van der Waals surface area (Å²) in [4.78, 5) is 5.46. The highest BCUT2D eigenvalue weighted by atomic mass is 35.5. The highest BCUT2D eigenvalue weighted by molar-refractivity contribution is 6.55. The minimum Gasteiger partial charge on any atom is -0.499 e. The van der Waals surface area contributed by atoms with E-state index in [4.69, 9.17) is 65.5 Å². The van der Waals surface area contributed by atoms with Crippen LogP contribution in [0.25, 0.3) is 0 Å². The third-order valence-corrected chi connectivity index (χ3v) is 4.76. The maximum atomic E-state index is 6.26. The Morgan fingerprint density at radius 3 is 2.12 bits per heavy atom. The fourth-order valence-electron chi connectivity index (χ4n) is 2.39. The quantitative estimate of drug-likeness (QED) is 0.141. The lowest BCUT2D eigenvalue weighted by molar-refractivity contribution is -0.0589. The molecule has 5 nitrogen and oxygen atoms in total. The third-order valence-electron chi connectivity index (χ3n) is 3.89. The molecule has 1 rings (SSSR count). The second-order valence-corrected chi connectivity index (χ2v) is 9.95. The highest BCUT2D eigenvalue weighted by Crippen LogP contribution is 2.37. The largest absolute Gasteiger partial charge is 0.499 e. The monoisotopic (exact) mass is 527 g/mol. The number of hydroxylamine groups is 1. The molecule has 0 bridgehead atoms. The lowest BCUT2D eigenvalue weighted by atomic mass is 10.1. The predicted octanol–water partition coefficient (Wildman–Crippen LogP) is 8.22. The highest BCUT2D eigenvalue weighted by Gasteiger charge is 2.11. The first kappa shape index (κ1) is 29.1. The number of unbranched alkanes of at least 4 members (excludes halogenated alkanes) is 4. The molecule has 0 aliphatic carbocycles. The Morgan fingerprint density at radius 1 is 0.938 bits per heavy atom. The van der Waals surface area contributed by atoms with Gasteiger partial charge in [0.15, 0.2) is 5.75 Å². The van der Waals surface area contributed by atoms with E-state index in [2.05, 4.69) is 5.48 Å².